The van der Waals surface area contributed by atoms with Gasteiger partial charge in [0.05, 0.1) is 11.5 Å². The minimum Gasteiger partial charge on any atom is -0.481 e. The van der Waals surface area contributed by atoms with Crippen molar-refractivity contribution < 1.29 is 14.7 Å². The van der Waals surface area contributed by atoms with E-state index in [9.17, 15) is 9.59 Å². The van der Waals surface area contributed by atoms with Gasteiger partial charge in [-0.15, -0.1) is 11.3 Å². The lowest BCUT2D eigenvalue weighted by Gasteiger charge is -2.43. The third kappa shape index (κ3) is 5.19. The van der Waals surface area contributed by atoms with E-state index in [1.54, 1.807) is 11.3 Å². The second-order valence-electron chi connectivity index (χ2n) is 9.57. The molecule has 0 radical (unpaired) electrons. The fraction of sp³-hybridized carbons (Fsp3) is 0.357. The SMILES string of the molecule is Cc1sc(C)c(C(=O)NCCC2(C)CC(C(=O)O)C2)c1Cc1ccc(-c2ccccc2)cc1. The van der Waals surface area contributed by atoms with Crippen molar-refractivity contribution in [2.24, 2.45) is 11.3 Å². The number of carbonyl (C=O) groups is 2. The monoisotopic (exact) mass is 461 g/mol. The van der Waals surface area contributed by atoms with E-state index in [4.69, 9.17) is 5.11 Å². The average Bonchev–Trinajstić information content (AvgIpc) is 3.05. The largest absolute Gasteiger partial charge is 0.481 e. The van der Waals surface area contributed by atoms with Crippen molar-refractivity contribution >= 4 is 23.2 Å². The Morgan fingerprint density at radius 1 is 1.00 bits per heavy atom. The molecule has 0 bridgehead atoms. The number of nitrogens with one attached hydrogen (secondary N) is 1. The number of aliphatic carboxylic acids is 1. The van der Waals surface area contributed by atoms with E-state index in [0.717, 1.165) is 28.8 Å². The summed E-state index contributed by atoms with van der Waals surface area (Å²) in [5.41, 5.74) is 5.48. The van der Waals surface area contributed by atoms with Crippen LogP contribution in [0.5, 0.6) is 0 Å². The molecule has 0 saturated heterocycles. The first-order valence-electron chi connectivity index (χ1n) is 11.5. The number of aryl methyl sites for hydroxylation is 2. The Kier molecular flexibility index (Phi) is 6.71. The highest BCUT2D eigenvalue weighted by Crippen LogP contribution is 2.47. The maximum atomic E-state index is 13.1. The molecule has 1 aliphatic carbocycles. The summed E-state index contributed by atoms with van der Waals surface area (Å²) in [6, 6.07) is 18.9. The van der Waals surface area contributed by atoms with Gasteiger partial charge >= 0.3 is 5.97 Å². The number of thiophene rings is 1. The summed E-state index contributed by atoms with van der Waals surface area (Å²) in [6.07, 6.45) is 2.92. The van der Waals surface area contributed by atoms with Crippen molar-refractivity contribution in [3.8, 4) is 11.1 Å². The van der Waals surface area contributed by atoms with Crippen LogP contribution in [0.3, 0.4) is 0 Å². The van der Waals surface area contributed by atoms with Gasteiger partial charge in [0, 0.05) is 16.3 Å². The van der Waals surface area contributed by atoms with Crippen LogP contribution in [-0.4, -0.2) is 23.5 Å². The van der Waals surface area contributed by atoms with Gasteiger partial charge in [0.2, 0.25) is 0 Å². The molecule has 5 heteroatoms. The van der Waals surface area contributed by atoms with Crippen molar-refractivity contribution in [1.29, 1.82) is 0 Å². The summed E-state index contributed by atoms with van der Waals surface area (Å²) < 4.78 is 0. The standard InChI is InChI=1S/C28H31NO3S/c1-18-24(15-20-9-11-22(12-10-20)21-7-5-4-6-8-21)25(19(2)33-18)26(30)29-14-13-28(3)16-23(17-28)27(31)32/h4-12,23H,13-17H2,1-3H3,(H,29,30)(H,31,32). The second kappa shape index (κ2) is 9.52. The zero-order valence-corrected chi connectivity index (χ0v) is 20.3. The molecule has 1 amide bonds. The predicted octanol–water partition coefficient (Wildman–Crippen LogP) is 6.24. The van der Waals surface area contributed by atoms with Gasteiger partial charge in [-0.3, -0.25) is 9.59 Å². The van der Waals surface area contributed by atoms with Crippen LogP contribution in [0, 0.1) is 25.2 Å². The normalized spacial score (nSPS) is 19.7. The summed E-state index contributed by atoms with van der Waals surface area (Å²) in [6.45, 7) is 6.78. The lowest BCUT2D eigenvalue weighted by Crippen LogP contribution is -2.41. The minimum absolute atomic E-state index is 0.0132. The molecule has 1 aromatic heterocycles. The molecule has 1 aliphatic rings. The fourth-order valence-corrected chi connectivity index (χ4v) is 6.04. The van der Waals surface area contributed by atoms with Gasteiger partial charge in [0.25, 0.3) is 5.91 Å². The molecule has 2 N–H and O–H groups in total. The van der Waals surface area contributed by atoms with Crippen LogP contribution >= 0.6 is 11.3 Å². The number of hydrogen-bond donors (Lipinski definition) is 2. The van der Waals surface area contributed by atoms with Crippen molar-refractivity contribution in [2.75, 3.05) is 6.54 Å². The van der Waals surface area contributed by atoms with Crippen molar-refractivity contribution in [2.45, 2.75) is 46.5 Å². The van der Waals surface area contributed by atoms with Gasteiger partial charge in [-0.2, -0.15) is 0 Å². The molecule has 4 rings (SSSR count). The Labute approximate surface area is 199 Å². The van der Waals surface area contributed by atoms with Crippen molar-refractivity contribution in [3.05, 3.63) is 81.0 Å². The molecular weight excluding hydrogens is 430 g/mol. The maximum absolute atomic E-state index is 13.1. The van der Waals surface area contributed by atoms with E-state index in [-0.39, 0.29) is 17.2 Å². The number of benzene rings is 2. The quantitative estimate of drug-likeness (QED) is 0.417. The third-order valence-corrected chi connectivity index (χ3v) is 7.96. The van der Waals surface area contributed by atoms with Crippen LogP contribution in [0.1, 0.15) is 57.4 Å². The summed E-state index contributed by atoms with van der Waals surface area (Å²) in [5.74, 6) is -0.958. The van der Waals surface area contributed by atoms with Crippen LogP contribution in [0.15, 0.2) is 54.6 Å². The minimum atomic E-state index is -0.706. The van der Waals surface area contributed by atoms with Crippen LogP contribution in [0.2, 0.25) is 0 Å². The highest BCUT2D eigenvalue weighted by Gasteiger charge is 2.43. The molecular formula is C28H31NO3S. The molecule has 172 valence electrons. The molecule has 0 unspecified atom stereocenters. The van der Waals surface area contributed by atoms with E-state index < -0.39 is 5.97 Å². The number of carbonyl (C=O) groups excluding carboxylic acids is 1. The van der Waals surface area contributed by atoms with Crippen LogP contribution < -0.4 is 5.32 Å². The van der Waals surface area contributed by atoms with E-state index in [2.05, 4.69) is 55.6 Å². The average molecular weight is 462 g/mol. The molecule has 0 atom stereocenters. The van der Waals surface area contributed by atoms with E-state index in [1.165, 1.54) is 21.6 Å². The number of amides is 1. The van der Waals surface area contributed by atoms with Gasteiger partial charge in [-0.05, 0) is 67.2 Å². The lowest BCUT2D eigenvalue weighted by atomic mass is 9.61. The van der Waals surface area contributed by atoms with Gasteiger partial charge in [0.15, 0.2) is 0 Å². The molecule has 2 aromatic carbocycles. The summed E-state index contributed by atoms with van der Waals surface area (Å²) in [5, 5.41) is 12.2. The van der Waals surface area contributed by atoms with Gasteiger partial charge in [-0.1, -0.05) is 61.5 Å². The number of carboxylic acids is 1. The first-order valence-corrected chi connectivity index (χ1v) is 12.3. The second-order valence-corrected chi connectivity index (χ2v) is 11.0. The third-order valence-electron chi connectivity index (χ3n) is 6.90. The Morgan fingerprint density at radius 2 is 1.64 bits per heavy atom. The molecule has 0 aliphatic heterocycles. The number of hydrogen-bond acceptors (Lipinski definition) is 3. The van der Waals surface area contributed by atoms with Gasteiger partial charge in [-0.25, -0.2) is 0 Å². The van der Waals surface area contributed by atoms with Gasteiger partial charge in [0.1, 0.15) is 0 Å². The zero-order valence-electron chi connectivity index (χ0n) is 19.5. The molecule has 3 aromatic rings. The smallest absolute Gasteiger partial charge is 0.306 e. The van der Waals surface area contributed by atoms with Crippen molar-refractivity contribution in [3.63, 3.8) is 0 Å². The summed E-state index contributed by atoms with van der Waals surface area (Å²) in [7, 11) is 0. The zero-order chi connectivity index (χ0) is 23.6. The first kappa shape index (κ1) is 23.2. The molecule has 1 heterocycles. The molecule has 4 nitrogen and oxygen atoms in total. The number of carboxylic acid groups (broad SMARTS) is 1. The molecule has 33 heavy (non-hydrogen) atoms. The van der Waals surface area contributed by atoms with Crippen LogP contribution in [-0.2, 0) is 11.2 Å². The first-order chi connectivity index (χ1) is 15.8. The van der Waals surface area contributed by atoms with E-state index in [1.807, 2.05) is 25.1 Å². The summed E-state index contributed by atoms with van der Waals surface area (Å²) in [4.78, 5) is 26.4. The Morgan fingerprint density at radius 3 is 2.27 bits per heavy atom. The van der Waals surface area contributed by atoms with Crippen LogP contribution in [0.4, 0.5) is 0 Å². The lowest BCUT2D eigenvalue weighted by molar-refractivity contribution is -0.149. The van der Waals surface area contributed by atoms with Gasteiger partial charge < -0.3 is 10.4 Å². The Balaban J connectivity index is 1.41. The topological polar surface area (TPSA) is 66.4 Å². The molecule has 1 fully saturated rings. The highest BCUT2D eigenvalue weighted by atomic mass is 32.1. The number of rotatable bonds is 8. The maximum Gasteiger partial charge on any atom is 0.306 e. The van der Waals surface area contributed by atoms with Crippen molar-refractivity contribution in [1.82, 2.24) is 5.32 Å². The predicted molar refractivity (Wildman–Crippen MR) is 134 cm³/mol. The molecule has 0 spiro atoms. The highest BCUT2D eigenvalue weighted by molar-refractivity contribution is 7.12. The fourth-order valence-electron chi connectivity index (χ4n) is 4.97. The van der Waals surface area contributed by atoms with E-state index >= 15 is 0 Å². The Hall–Kier alpha value is -2.92. The van der Waals surface area contributed by atoms with E-state index in [0.29, 0.717) is 19.4 Å². The van der Waals surface area contributed by atoms with Crippen LogP contribution in [0.25, 0.3) is 11.1 Å². The Bertz CT molecular complexity index is 1140. The molecule has 1 saturated carbocycles. The summed E-state index contributed by atoms with van der Waals surface area (Å²) >= 11 is 1.68.